The number of nitrogens with one attached hydrogen (secondary N) is 1. The molecule has 3 nitrogen and oxygen atoms in total. The van der Waals surface area contributed by atoms with Crippen molar-refractivity contribution in [3.05, 3.63) is 59.2 Å². The molecule has 0 atom stereocenters. The lowest BCUT2D eigenvalue weighted by molar-refractivity contribution is 0.102. The van der Waals surface area contributed by atoms with Crippen LogP contribution in [-0.4, -0.2) is 10.9 Å². The van der Waals surface area contributed by atoms with E-state index in [9.17, 15) is 26.7 Å². The van der Waals surface area contributed by atoms with Crippen molar-refractivity contribution in [2.45, 2.75) is 0 Å². The van der Waals surface area contributed by atoms with E-state index in [2.05, 4.69) is 4.98 Å². The van der Waals surface area contributed by atoms with E-state index in [-0.39, 0.29) is 0 Å². The maximum Gasteiger partial charge on any atom is 0.255 e. The van der Waals surface area contributed by atoms with Gasteiger partial charge in [-0.1, -0.05) is 0 Å². The van der Waals surface area contributed by atoms with Crippen LogP contribution < -0.4 is 5.32 Å². The molecule has 1 aromatic heterocycles. The Morgan fingerprint density at radius 2 is 1.60 bits per heavy atom. The first-order valence-corrected chi connectivity index (χ1v) is 5.16. The lowest BCUT2D eigenvalue weighted by Gasteiger charge is -2.06. The van der Waals surface area contributed by atoms with Gasteiger partial charge in [0, 0.05) is 5.56 Å². The van der Waals surface area contributed by atoms with E-state index in [1.807, 2.05) is 5.32 Å². The standard InChI is InChI=1S/C12H5F5N2O/c13-6-3-5(4-7(14)10(6)16)12(20)18-8-1-2-9(15)19-11(8)17/h1-4H,(H,18,20). The van der Waals surface area contributed by atoms with Crippen molar-refractivity contribution < 1.29 is 26.7 Å². The smallest absolute Gasteiger partial charge is 0.255 e. The van der Waals surface area contributed by atoms with E-state index in [1.165, 1.54) is 0 Å². The number of hydrogen-bond donors (Lipinski definition) is 1. The first-order chi connectivity index (χ1) is 9.38. The van der Waals surface area contributed by atoms with Crippen LogP contribution in [0.15, 0.2) is 24.3 Å². The van der Waals surface area contributed by atoms with Crippen molar-refractivity contribution in [1.29, 1.82) is 0 Å². The number of carbonyl (C=O) groups is 1. The molecule has 0 fully saturated rings. The van der Waals surface area contributed by atoms with Crippen LogP contribution in [0.1, 0.15) is 10.4 Å². The lowest BCUT2D eigenvalue weighted by atomic mass is 10.2. The summed E-state index contributed by atoms with van der Waals surface area (Å²) in [4.78, 5) is 14.4. The zero-order valence-corrected chi connectivity index (χ0v) is 9.55. The number of pyridine rings is 1. The second-order valence-corrected chi connectivity index (χ2v) is 3.68. The molecule has 1 heterocycles. The maximum atomic E-state index is 13.2. The average molecular weight is 288 g/mol. The first kappa shape index (κ1) is 13.9. The summed E-state index contributed by atoms with van der Waals surface area (Å²) in [5.41, 5.74) is -1.05. The Balaban J connectivity index is 2.28. The van der Waals surface area contributed by atoms with Crippen molar-refractivity contribution >= 4 is 11.6 Å². The number of hydrogen-bond acceptors (Lipinski definition) is 2. The molecular formula is C12H5F5N2O. The van der Waals surface area contributed by atoms with E-state index in [0.717, 1.165) is 12.1 Å². The third-order valence-electron chi connectivity index (χ3n) is 2.31. The summed E-state index contributed by atoms with van der Waals surface area (Å²) in [5, 5.41) is 1.93. The van der Waals surface area contributed by atoms with Crippen LogP contribution in [0.4, 0.5) is 27.6 Å². The summed E-state index contributed by atoms with van der Waals surface area (Å²) < 4.78 is 64.3. The Labute approximate surface area is 109 Å². The van der Waals surface area contributed by atoms with Crippen LogP contribution in [-0.2, 0) is 0 Å². The van der Waals surface area contributed by atoms with Crippen molar-refractivity contribution in [2.24, 2.45) is 0 Å². The summed E-state index contributed by atoms with van der Waals surface area (Å²) in [6.07, 6.45) is 0. The Kier molecular flexibility index (Phi) is 3.64. The quantitative estimate of drug-likeness (QED) is 0.524. The first-order valence-electron chi connectivity index (χ1n) is 5.16. The molecule has 0 unspecified atom stereocenters. The zero-order valence-electron chi connectivity index (χ0n) is 9.55. The van der Waals surface area contributed by atoms with Gasteiger partial charge in [-0.05, 0) is 24.3 Å². The Bertz CT molecular complexity index is 667. The second-order valence-electron chi connectivity index (χ2n) is 3.68. The molecule has 0 saturated carbocycles. The number of anilines is 1. The van der Waals surface area contributed by atoms with Crippen molar-refractivity contribution in [3.8, 4) is 0 Å². The monoisotopic (exact) mass is 288 g/mol. The second kappa shape index (κ2) is 5.24. The molecule has 0 aliphatic rings. The molecule has 0 aliphatic heterocycles. The van der Waals surface area contributed by atoms with Crippen LogP contribution in [0, 0.1) is 29.3 Å². The molecular weight excluding hydrogens is 283 g/mol. The fourth-order valence-corrected chi connectivity index (χ4v) is 1.39. The van der Waals surface area contributed by atoms with Crippen LogP contribution >= 0.6 is 0 Å². The number of amides is 1. The summed E-state index contributed by atoms with van der Waals surface area (Å²) in [7, 11) is 0. The largest absolute Gasteiger partial charge is 0.318 e. The van der Waals surface area contributed by atoms with Crippen molar-refractivity contribution in [3.63, 3.8) is 0 Å². The Hall–Kier alpha value is -2.51. The molecule has 8 heteroatoms. The minimum absolute atomic E-state index is 0.447. The van der Waals surface area contributed by atoms with Gasteiger partial charge in [0.15, 0.2) is 17.5 Å². The highest BCUT2D eigenvalue weighted by Gasteiger charge is 2.16. The summed E-state index contributed by atoms with van der Waals surface area (Å²) >= 11 is 0. The minimum Gasteiger partial charge on any atom is -0.318 e. The molecule has 2 rings (SSSR count). The predicted molar refractivity (Wildman–Crippen MR) is 58.4 cm³/mol. The van der Waals surface area contributed by atoms with Gasteiger partial charge >= 0.3 is 0 Å². The molecule has 0 radical (unpaired) electrons. The Morgan fingerprint density at radius 3 is 2.15 bits per heavy atom. The highest BCUT2D eigenvalue weighted by molar-refractivity contribution is 6.04. The third-order valence-corrected chi connectivity index (χ3v) is 2.31. The number of aromatic nitrogens is 1. The third kappa shape index (κ3) is 2.73. The molecule has 2 aromatic rings. The van der Waals surface area contributed by atoms with Gasteiger partial charge in [-0.25, -0.2) is 13.2 Å². The highest BCUT2D eigenvalue weighted by Crippen LogP contribution is 2.17. The highest BCUT2D eigenvalue weighted by atomic mass is 19.2. The van der Waals surface area contributed by atoms with Gasteiger partial charge in [0.05, 0.1) is 5.69 Å². The van der Waals surface area contributed by atoms with Crippen LogP contribution in [0.5, 0.6) is 0 Å². The SMILES string of the molecule is O=C(Nc1ccc(F)nc1F)c1cc(F)c(F)c(F)c1. The van der Waals surface area contributed by atoms with E-state index in [1.54, 1.807) is 0 Å². The van der Waals surface area contributed by atoms with Gasteiger partial charge in [-0.3, -0.25) is 4.79 Å². The molecule has 0 aliphatic carbocycles. The van der Waals surface area contributed by atoms with Gasteiger partial charge in [-0.2, -0.15) is 13.8 Å². The molecule has 0 saturated heterocycles. The molecule has 104 valence electrons. The van der Waals surface area contributed by atoms with Crippen molar-refractivity contribution in [2.75, 3.05) is 5.32 Å². The number of rotatable bonds is 2. The van der Waals surface area contributed by atoms with Crippen LogP contribution in [0.25, 0.3) is 0 Å². The average Bonchev–Trinajstić information content (AvgIpc) is 2.38. The molecule has 0 spiro atoms. The lowest BCUT2D eigenvalue weighted by Crippen LogP contribution is -2.15. The van der Waals surface area contributed by atoms with E-state index >= 15 is 0 Å². The Morgan fingerprint density at radius 1 is 1.00 bits per heavy atom. The number of halogens is 5. The van der Waals surface area contributed by atoms with Gasteiger partial charge in [0.2, 0.25) is 11.9 Å². The summed E-state index contributed by atoms with van der Waals surface area (Å²) in [6, 6.07) is 2.56. The van der Waals surface area contributed by atoms with Crippen molar-refractivity contribution in [1.82, 2.24) is 4.98 Å². The maximum absolute atomic E-state index is 13.2. The van der Waals surface area contributed by atoms with E-state index in [0.29, 0.717) is 12.1 Å². The molecule has 20 heavy (non-hydrogen) atoms. The van der Waals surface area contributed by atoms with Crippen LogP contribution in [0.3, 0.4) is 0 Å². The topological polar surface area (TPSA) is 42.0 Å². The molecule has 1 amide bonds. The normalized spacial score (nSPS) is 10.4. The number of benzene rings is 1. The predicted octanol–water partition coefficient (Wildman–Crippen LogP) is 3.03. The summed E-state index contributed by atoms with van der Waals surface area (Å²) in [6.45, 7) is 0. The van der Waals surface area contributed by atoms with Crippen LogP contribution in [0.2, 0.25) is 0 Å². The van der Waals surface area contributed by atoms with E-state index in [4.69, 9.17) is 0 Å². The molecule has 1 aromatic carbocycles. The fourth-order valence-electron chi connectivity index (χ4n) is 1.39. The zero-order chi connectivity index (χ0) is 14.9. The number of carbonyl (C=O) groups excluding carboxylic acids is 1. The van der Waals surface area contributed by atoms with Gasteiger partial charge < -0.3 is 5.32 Å². The van der Waals surface area contributed by atoms with Gasteiger partial charge in [0.25, 0.3) is 5.91 Å². The fraction of sp³-hybridized carbons (Fsp3) is 0. The summed E-state index contributed by atoms with van der Waals surface area (Å²) in [5.74, 6) is -8.35. The van der Waals surface area contributed by atoms with Gasteiger partial charge in [-0.15, -0.1) is 0 Å². The van der Waals surface area contributed by atoms with E-state index < -0.39 is 46.5 Å². The molecule has 0 bridgehead atoms. The van der Waals surface area contributed by atoms with Gasteiger partial charge in [0.1, 0.15) is 0 Å². The number of nitrogens with zero attached hydrogens (tertiary/aromatic N) is 1. The molecule has 1 N–H and O–H groups in total. The minimum atomic E-state index is -1.73.